The van der Waals surface area contributed by atoms with Crippen molar-refractivity contribution in [2.75, 3.05) is 9.80 Å². The van der Waals surface area contributed by atoms with Gasteiger partial charge in [0.15, 0.2) is 0 Å². The van der Waals surface area contributed by atoms with E-state index in [0.717, 1.165) is 44.3 Å². The Morgan fingerprint density at radius 1 is 0.578 bits per heavy atom. The van der Waals surface area contributed by atoms with E-state index in [2.05, 4.69) is 67.8 Å². The Morgan fingerprint density at radius 2 is 1.28 bits per heavy atom. The van der Waals surface area contributed by atoms with E-state index in [1.54, 1.807) is 42.0 Å². The summed E-state index contributed by atoms with van der Waals surface area (Å²) in [5.41, 5.74) is 6.68. The molecule has 0 saturated heterocycles. The van der Waals surface area contributed by atoms with Gasteiger partial charge in [-0.3, -0.25) is 0 Å². The largest absolute Gasteiger partial charge is 0.509 e. The number of rotatable bonds is 8. The van der Waals surface area contributed by atoms with Crippen LogP contribution in [0.25, 0.3) is 61.0 Å². The van der Waals surface area contributed by atoms with Crippen LogP contribution in [0.3, 0.4) is 0 Å². The Balaban J connectivity index is 0.00000626. The van der Waals surface area contributed by atoms with Gasteiger partial charge in [-0.25, -0.2) is 4.98 Å². The predicted molar refractivity (Wildman–Crippen MR) is 259 cm³/mol. The van der Waals surface area contributed by atoms with E-state index >= 15 is 0 Å². The van der Waals surface area contributed by atoms with Crippen LogP contribution >= 0.6 is 0 Å². The first-order chi connectivity index (χ1) is 35.0. The van der Waals surface area contributed by atoms with Crippen molar-refractivity contribution in [2.45, 2.75) is 26.2 Å². The van der Waals surface area contributed by atoms with E-state index in [1.807, 2.05) is 83.8 Å². The normalized spacial score (nSPS) is 14.5. The second-order valence-electron chi connectivity index (χ2n) is 16.2. The standard InChI is InChI=1S/C58H43N4O.Pt/c1-58(2,3)44-29-33-53-55(36-44)61(57-48(41-19-9-5-10-20-41)25-16-26-49(57)42-21-11-6-12-22-42)39-60(53)45-23-15-24-46(37-45)63-47-30-31-50-51-35-43(40-17-7-4-8-18-40)28-32-52(51)62(54(50)38-47)56-27-13-14-34-59-56;/h4-36,39H,1-3H3;/q-3;/i5D,6D,9D,10D,11D,12D,19D,20D,21D,22D;. The van der Waals surface area contributed by atoms with Crippen molar-refractivity contribution in [3.63, 3.8) is 0 Å². The second-order valence-corrected chi connectivity index (χ2v) is 16.2. The zero-order chi connectivity index (χ0) is 51.2. The predicted octanol–water partition coefficient (Wildman–Crippen LogP) is 15.3. The first-order valence-electron chi connectivity index (χ1n) is 25.5. The minimum Gasteiger partial charge on any atom is -0.509 e. The first-order valence-corrected chi connectivity index (χ1v) is 20.5. The minimum atomic E-state index is -0.565. The fourth-order valence-electron chi connectivity index (χ4n) is 8.25. The van der Waals surface area contributed by atoms with Crippen molar-refractivity contribution >= 4 is 44.6 Å². The molecule has 6 heteroatoms. The molecule has 0 spiro atoms. The molecule has 0 saturated carbocycles. The molecular formula is C58H43N4OPt-3. The average molecular weight is 1020 g/mol. The molecule has 3 heterocycles. The summed E-state index contributed by atoms with van der Waals surface area (Å²) in [5, 5.41) is 2.00. The molecule has 0 amide bonds. The van der Waals surface area contributed by atoms with Crippen LogP contribution in [0, 0.1) is 18.8 Å². The number of anilines is 4. The van der Waals surface area contributed by atoms with Gasteiger partial charge in [-0.2, -0.15) is 12.1 Å². The van der Waals surface area contributed by atoms with Crippen molar-refractivity contribution in [1.29, 1.82) is 0 Å². The van der Waals surface area contributed by atoms with Crippen LogP contribution in [0.4, 0.5) is 22.7 Å². The number of para-hydroxylation sites is 1. The van der Waals surface area contributed by atoms with Crippen LogP contribution in [-0.2, 0) is 26.5 Å². The maximum absolute atomic E-state index is 9.12. The number of fused-ring (bicyclic) bond motifs is 4. The van der Waals surface area contributed by atoms with Gasteiger partial charge in [0.25, 0.3) is 0 Å². The molecule has 0 unspecified atom stereocenters. The summed E-state index contributed by atoms with van der Waals surface area (Å²) in [5.74, 6) is 1.53. The van der Waals surface area contributed by atoms with E-state index in [-0.39, 0.29) is 54.4 Å². The molecule has 314 valence electrons. The molecule has 1 aliphatic heterocycles. The van der Waals surface area contributed by atoms with Gasteiger partial charge < -0.3 is 19.1 Å². The van der Waals surface area contributed by atoms with Gasteiger partial charge in [-0.05, 0) is 69.0 Å². The molecule has 0 N–H and O–H groups in total. The van der Waals surface area contributed by atoms with Crippen molar-refractivity contribution in [3.05, 3.63) is 224 Å². The Morgan fingerprint density at radius 3 is 1.98 bits per heavy atom. The number of aromatic nitrogens is 2. The van der Waals surface area contributed by atoms with Crippen LogP contribution in [-0.4, -0.2) is 9.55 Å². The summed E-state index contributed by atoms with van der Waals surface area (Å²) in [6.07, 6.45) is 1.76. The summed E-state index contributed by atoms with van der Waals surface area (Å²) in [6.45, 7) is 8.01. The minimum absolute atomic E-state index is 0. The number of ether oxygens (including phenoxy) is 1. The molecule has 8 aromatic carbocycles. The topological polar surface area (TPSA) is 33.5 Å². The van der Waals surface area contributed by atoms with Crippen LogP contribution < -0.4 is 14.5 Å². The van der Waals surface area contributed by atoms with Crippen LogP contribution in [0.2, 0.25) is 0 Å². The summed E-state index contributed by atoms with van der Waals surface area (Å²) >= 11 is 0. The van der Waals surface area contributed by atoms with Gasteiger partial charge in [-0.15, -0.1) is 48.1 Å². The van der Waals surface area contributed by atoms with E-state index in [4.69, 9.17) is 23.4 Å². The molecule has 0 bridgehead atoms. The Kier molecular flexibility index (Phi) is 8.09. The Hall–Kier alpha value is -7.20. The zero-order valence-electron chi connectivity index (χ0n) is 44.9. The van der Waals surface area contributed by atoms with Crippen molar-refractivity contribution in [1.82, 2.24) is 9.55 Å². The maximum Gasteiger partial charge on any atom is 0.135 e. The fourth-order valence-corrected chi connectivity index (χ4v) is 8.25. The third kappa shape index (κ3) is 7.46. The van der Waals surface area contributed by atoms with Gasteiger partial charge in [0.05, 0.1) is 13.7 Å². The van der Waals surface area contributed by atoms with Gasteiger partial charge >= 0.3 is 0 Å². The fraction of sp³-hybridized carbons (Fsp3) is 0.0690. The first kappa shape index (κ1) is 30.8. The molecule has 5 nitrogen and oxygen atoms in total. The molecule has 0 atom stereocenters. The maximum atomic E-state index is 9.12. The molecular weight excluding hydrogens is 964 g/mol. The van der Waals surface area contributed by atoms with Crippen molar-refractivity contribution < 1.29 is 39.5 Å². The third-order valence-corrected chi connectivity index (χ3v) is 11.3. The van der Waals surface area contributed by atoms with Crippen LogP contribution in [0.1, 0.15) is 40.0 Å². The average Bonchev–Trinajstić information content (AvgIpc) is 3.94. The van der Waals surface area contributed by atoms with Crippen molar-refractivity contribution in [3.8, 4) is 50.7 Å². The smallest absolute Gasteiger partial charge is 0.135 e. The summed E-state index contributed by atoms with van der Waals surface area (Å²) in [6, 6.07) is 44.5. The van der Waals surface area contributed by atoms with Gasteiger partial charge in [0.2, 0.25) is 0 Å². The molecule has 0 fully saturated rings. The van der Waals surface area contributed by atoms with Crippen LogP contribution in [0.5, 0.6) is 11.5 Å². The van der Waals surface area contributed by atoms with Crippen molar-refractivity contribution in [2.24, 2.45) is 0 Å². The second kappa shape index (κ2) is 16.8. The van der Waals surface area contributed by atoms with Crippen LogP contribution in [0.15, 0.2) is 200 Å². The zero-order valence-corrected chi connectivity index (χ0v) is 37.1. The molecule has 64 heavy (non-hydrogen) atoms. The number of benzene rings is 8. The van der Waals surface area contributed by atoms with Gasteiger partial charge in [-0.1, -0.05) is 160 Å². The summed E-state index contributed by atoms with van der Waals surface area (Å²) < 4.78 is 96.6. The monoisotopic (exact) mass is 1020 g/mol. The molecule has 0 radical (unpaired) electrons. The number of pyridine rings is 1. The Bertz CT molecular complexity index is 3740. The summed E-state index contributed by atoms with van der Waals surface area (Å²) in [4.78, 5) is 8.39. The van der Waals surface area contributed by atoms with E-state index < -0.39 is 60.4 Å². The third-order valence-electron chi connectivity index (χ3n) is 11.3. The molecule has 10 aromatic rings. The van der Waals surface area contributed by atoms with E-state index in [0.29, 0.717) is 28.6 Å². The van der Waals surface area contributed by atoms with Gasteiger partial charge in [0.1, 0.15) is 5.82 Å². The number of hydrogen-bond donors (Lipinski definition) is 0. The summed E-state index contributed by atoms with van der Waals surface area (Å²) in [7, 11) is 0. The molecule has 0 aliphatic carbocycles. The number of hydrogen-bond acceptors (Lipinski definition) is 4. The number of nitrogens with zero attached hydrogens (tertiary/aromatic N) is 4. The van der Waals surface area contributed by atoms with Gasteiger partial charge in [0, 0.05) is 72.5 Å². The molecule has 11 rings (SSSR count). The Labute approximate surface area is 403 Å². The molecule has 2 aromatic heterocycles. The molecule has 1 aliphatic rings. The van der Waals surface area contributed by atoms with E-state index in [1.165, 1.54) is 0 Å². The quantitative estimate of drug-likeness (QED) is 0.142. The van der Waals surface area contributed by atoms with E-state index in [9.17, 15) is 0 Å². The SMILES string of the molecule is [2H]c1c([2H])c([2H])c(-c2cccc(-c3c([2H])c([2H])c([2H])c([2H])c3[2H])c2N2[CH-]N(c3[c-]c(Oc4[c-]c5c(cc4)c4cc(-c6ccccc6)ccc4n5-c4ccccn4)ccc3)c3ccc(C(C)(C)C)cc32)c([2H])c1[2H].[Pt].